The Kier molecular flexibility index (Phi) is 4.48. The fourth-order valence-electron chi connectivity index (χ4n) is 2.12. The fraction of sp³-hybridized carbons (Fsp3) is 0.471. The van der Waals surface area contributed by atoms with E-state index in [1.807, 2.05) is 17.5 Å². The maximum atomic E-state index is 4.52. The minimum Gasteiger partial charge on any atom is -0.367 e. The zero-order valence-electron chi connectivity index (χ0n) is 13.0. The van der Waals surface area contributed by atoms with Gasteiger partial charge in [0.15, 0.2) is 0 Å². The molecule has 2 heterocycles. The smallest absolute Gasteiger partial charge is 0.126 e. The van der Waals surface area contributed by atoms with E-state index in [0.29, 0.717) is 6.04 Å². The van der Waals surface area contributed by atoms with E-state index in [2.05, 4.69) is 69.2 Å². The summed E-state index contributed by atoms with van der Waals surface area (Å²) in [5.41, 5.74) is 1.43. The largest absolute Gasteiger partial charge is 0.367 e. The van der Waals surface area contributed by atoms with Gasteiger partial charge in [-0.2, -0.15) is 0 Å². The van der Waals surface area contributed by atoms with Crippen LogP contribution in [0.15, 0.2) is 30.5 Å². The summed E-state index contributed by atoms with van der Waals surface area (Å²) in [5, 5.41) is 3.47. The van der Waals surface area contributed by atoms with Gasteiger partial charge in [-0.1, -0.05) is 26.8 Å². The van der Waals surface area contributed by atoms with E-state index in [1.165, 1.54) is 15.3 Å². The average Bonchev–Trinajstić information content (AvgIpc) is 2.74. The molecule has 0 radical (unpaired) electrons. The van der Waals surface area contributed by atoms with Crippen LogP contribution in [0.25, 0.3) is 0 Å². The van der Waals surface area contributed by atoms with Crippen molar-refractivity contribution in [3.8, 4) is 0 Å². The topological polar surface area (TPSA) is 24.9 Å². The Morgan fingerprint density at radius 1 is 1.20 bits per heavy atom. The number of aryl methyl sites for hydroxylation is 1. The number of pyridine rings is 1. The van der Waals surface area contributed by atoms with Gasteiger partial charge in [-0.25, -0.2) is 4.98 Å². The Hall–Kier alpha value is -1.35. The molecule has 2 rings (SSSR count). The number of hydrogen-bond acceptors (Lipinski definition) is 3. The number of rotatable bonds is 4. The minimum atomic E-state index is 0.158. The molecule has 1 N–H and O–H groups in total. The van der Waals surface area contributed by atoms with E-state index in [4.69, 9.17) is 0 Å². The first-order valence-corrected chi connectivity index (χ1v) is 7.94. The van der Waals surface area contributed by atoms with Gasteiger partial charge in [-0.05, 0) is 43.0 Å². The third-order valence-electron chi connectivity index (χ3n) is 3.33. The maximum Gasteiger partial charge on any atom is 0.126 e. The van der Waals surface area contributed by atoms with Gasteiger partial charge in [0.25, 0.3) is 0 Å². The van der Waals surface area contributed by atoms with Crippen molar-refractivity contribution in [3.63, 3.8) is 0 Å². The molecule has 0 bridgehead atoms. The number of anilines is 1. The van der Waals surface area contributed by atoms with Gasteiger partial charge < -0.3 is 5.32 Å². The molecule has 1 atom stereocenters. The first kappa shape index (κ1) is 15.0. The summed E-state index contributed by atoms with van der Waals surface area (Å²) in [7, 11) is 0. The summed E-state index contributed by atoms with van der Waals surface area (Å²) in [6.07, 6.45) is 3.02. The molecule has 0 saturated heterocycles. The summed E-state index contributed by atoms with van der Waals surface area (Å²) in [6.45, 7) is 11.0. The van der Waals surface area contributed by atoms with Crippen LogP contribution in [0.4, 0.5) is 5.82 Å². The number of nitrogens with zero attached hydrogens (tertiary/aromatic N) is 1. The number of aromatic nitrogens is 1. The lowest BCUT2D eigenvalue weighted by molar-refractivity contribution is 0.587. The van der Waals surface area contributed by atoms with Crippen LogP contribution in [0.3, 0.4) is 0 Å². The van der Waals surface area contributed by atoms with Crippen LogP contribution in [0, 0.1) is 6.92 Å². The van der Waals surface area contributed by atoms with Crippen LogP contribution in [0.5, 0.6) is 0 Å². The van der Waals surface area contributed by atoms with Crippen molar-refractivity contribution >= 4 is 17.2 Å². The highest BCUT2D eigenvalue weighted by atomic mass is 32.1. The molecule has 0 aliphatic rings. The van der Waals surface area contributed by atoms with Gasteiger partial charge in [0.1, 0.15) is 5.82 Å². The van der Waals surface area contributed by atoms with Crippen molar-refractivity contribution in [2.24, 2.45) is 0 Å². The maximum absolute atomic E-state index is 4.52. The lowest BCUT2D eigenvalue weighted by atomic mass is 9.88. The van der Waals surface area contributed by atoms with E-state index >= 15 is 0 Å². The second kappa shape index (κ2) is 5.96. The minimum absolute atomic E-state index is 0.158. The molecule has 0 aliphatic carbocycles. The Morgan fingerprint density at radius 2 is 1.95 bits per heavy atom. The van der Waals surface area contributed by atoms with Crippen LogP contribution < -0.4 is 5.32 Å². The second-order valence-corrected chi connectivity index (χ2v) is 7.82. The van der Waals surface area contributed by atoms with Gasteiger partial charge in [0, 0.05) is 28.4 Å². The molecule has 3 heteroatoms. The SMILES string of the molecule is Cc1ccc(CC(C)Nc2ccc(C(C)(C)C)cn2)s1. The second-order valence-electron chi connectivity index (χ2n) is 6.44. The highest BCUT2D eigenvalue weighted by Crippen LogP contribution is 2.22. The third kappa shape index (κ3) is 4.07. The summed E-state index contributed by atoms with van der Waals surface area (Å²) >= 11 is 1.87. The van der Waals surface area contributed by atoms with Crippen molar-refractivity contribution in [2.45, 2.75) is 52.5 Å². The molecule has 2 aromatic heterocycles. The van der Waals surface area contributed by atoms with E-state index in [0.717, 1.165) is 12.2 Å². The van der Waals surface area contributed by atoms with Crippen LogP contribution in [-0.2, 0) is 11.8 Å². The zero-order valence-corrected chi connectivity index (χ0v) is 13.8. The summed E-state index contributed by atoms with van der Waals surface area (Å²) in [5.74, 6) is 0.957. The fourth-order valence-corrected chi connectivity index (χ4v) is 3.14. The standard InChI is InChI=1S/C17H24N2S/c1-12(10-15-8-6-13(2)20-15)19-16-9-7-14(11-18-16)17(3,4)5/h6-9,11-12H,10H2,1-5H3,(H,18,19). The van der Waals surface area contributed by atoms with Crippen molar-refractivity contribution in [3.05, 3.63) is 45.8 Å². The zero-order chi connectivity index (χ0) is 14.8. The molecule has 20 heavy (non-hydrogen) atoms. The molecule has 0 amide bonds. The van der Waals surface area contributed by atoms with Crippen LogP contribution in [0.2, 0.25) is 0 Å². The van der Waals surface area contributed by atoms with Crippen molar-refractivity contribution < 1.29 is 0 Å². The van der Waals surface area contributed by atoms with Gasteiger partial charge >= 0.3 is 0 Å². The van der Waals surface area contributed by atoms with Gasteiger partial charge in [0.05, 0.1) is 0 Å². The van der Waals surface area contributed by atoms with E-state index in [-0.39, 0.29) is 5.41 Å². The normalized spacial score (nSPS) is 13.2. The molecule has 0 fully saturated rings. The van der Waals surface area contributed by atoms with Gasteiger partial charge in [0.2, 0.25) is 0 Å². The third-order valence-corrected chi connectivity index (χ3v) is 4.35. The molecule has 2 nitrogen and oxygen atoms in total. The highest BCUT2D eigenvalue weighted by molar-refractivity contribution is 7.11. The number of hydrogen-bond donors (Lipinski definition) is 1. The van der Waals surface area contributed by atoms with E-state index in [1.54, 1.807) is 0 Å². The Bertz CT molecular complexity index is 549. The van der Waals surface area contributed by atoms with Crippen LogP contribution in [-0.4, -0.2) is 11.0 Å². The predicted molar refractivity (Wildman–Crippen MR) is 88.8 cm³/mol. The van der Waals surface area contributed by atoms with Gasteiger partial charge in [-0.15, -0.1) is 11.3 Å². The monoisotopic (exact) mass is 288 g/mol. The molecule has 108 valence electrons. The quantitative estimate of drug-likeness (QED) is 0.874. The number of thiophene rings is 1. The summed E-state index contributed by atoms with van der Waals surface area (Å²) in [6, 6.07) is 9.03. The molecule has 0 saturated carbocycles. The Balaban J connectivity index is 1.96. The Labute approximate surface area is 126 Å². The summed E-state index contributed by atoms with van der Waals surface area (Å²) < 4.78 is 0. The first-order chi connectivity index (χ1) is 9.34. The van der Waals surface area contributed by atoms with Crippen molar-refractivity contribution in [2.75, 3.05) is 5.32 Å². The Morgan fingerprint density at radius 3 is 2.45 bits per heavy atom. The molecule has 2 aromatic rings. The molecule has 0 aromatic carbocycles. The highest BCUT2D eigenvalue weighted by Gasteiger charge is 2.14. The van der Waals surface area contributed by atoms with Crippen molar-refractivity contribution in [1.82, 2.24) is 4.98 Å². The van der Waals surface area contributed by atoms with Crippen LogP contribution >= 0.6 is 11.3 Å². The molecule has 0 aliphatic heterocycles. The molecule has 0 spiro atoms. The summed E-state index contributed by atoms with van der Waals surface area (Å²) in [4.78, 5) is 7.32. The predicted octanol–water partition coefficient (Wildman–Crippen LogP) is 4.79. The van der Waals surface area contributed by atoms with Crippen LogP contribution in [0.1, 0.15) is 43.0 Å². The van der Waals surface area contributed by atoms with E-state index < -0.39 is 0 Å². The molecular formula is C17H24N2S. The van der Waals surface area contributed by atoms with Crippen molar-refractivity contribution in [1.29, 1.82) is 0 Å². The molecule has 1 unspecified atom stereocenters. The van der Waals surface area contributed by atoms with Gasteiger partial charge in [-0.3, -0.25) is 0 Å². The van der Waals surface area contributed by atoms with E-state index in [9.17, 15) is 0 Å². The first-order valence-electron chi connectivity index (χ1n) is 7.13. The lowest BCUT2D eigenvalue weighted by Crippen LogP contribution is -2.19. The molecular weight excluding hydrogens is 264 g/mol. The number of nitrogens with one attached hydrogen (secondary N) is 1. The average molecular weight is 288 g/mol. The lowest BCUT2D eigenvalue weighted by Gasteiger charge is -2.19.